The van der Waals surface area contributed by atoms with Crippen molar-refractivity contribution in [3.63, 3.8) is 0 Å². The Balaban J connectivity index is 2.00. The molecule has 2 aliphatic heterocycles. The van der Waals surface area contributed by atoms with Gasteiger partial charge in [-0.25, -0.2) is 4.79 Å². The van der Waals surface area contributed by atoms with Gasteiger partial charge < -0.3 is 15.0 Å². The van der Waals surface area contributed by atoms with Gasteiger partial charge in [0, 0.05) is 31.6 Å². The van der Waals surface area contributed by atoms with E-state index >= 15 is 0 Å². The Morgan fingerprint density at radius 1 is 1.56 bits per heavy atom. The van der Waals surface area contributed by atoms with Crippen LogP contribution in [0.2, 0.25) is 0 Å². The summed E-state index contributed by atoms with van der Waals surface area (Å²) in [4.78, 5) is 13.7. The molecule has 2 aliphatic rings. The van der Waals surface area contributed by atoms with E-state index in [9.17, 15) is 10.1 Å². The van der Waals surface area contributed by atoms with Gasteiger partial charge in [0.25, 0.3) is 0 Å². The Morgan fingerprint density at radius 2 is 2.28 bits per heavy atom. The van der Waals surface area contributed by atoms with Crippen LogP contribution in [0, 0.1) is 22.7 Å². The smallest absolute Gasteiger partial charge is 0.410 e. The standard InChI is InChI=1S/C13H21N3O2/c1-12(2,3)18-11(17)16-5-4-13(9-16)8-15-7-10(13)6-14/h10,15H,4-5,7-9H2,1-3H3. The molecule has 1 amide bonds. The highest BCUT2D eigenvalue weighted by molar-refractivity contribution is 5.68. The van der Waals surface area contributed by atoms with Gasteiger partial charge in [-0.15, -0.1) is 0 Å². The van der Waals surface area contributed by atoms with E-state index in [1.54, 1.807) is 4.90 Å². The molecule has 5 nitrogen and oxygen atoms in total. The number of amides is 1. The molecule has 2 unspecified atom stereocenters. The maximum absolute atomic E-state index is 12.0. The SMILES string of the molecule is CC(C)(C)OC(=O)N1CCC2(CNCC2C#N)C1. The first-order chi connectivity index (χ1) is 8.36. The van der Waals surface area contributed by atoms with E-state index in [-0.39, 0.29) is 17.4 Å². The maximum Gasteiger partial charge on any atom is 0.410 e. The van der Waals surface area contributed by atoms with Crippen LogP contribution >= 0.6 is 0 Å². The number of rotatable bonds is 0. The molecule has 5 heteroatoms. The van der Waals surface area contributed by atoms with Crippen molar-refractivity contribution >= 4 is 6.09 Å². The van der Waals surface area contributed by atoms with Crippen molar-refractivity contribution in [2.45, 2.75) is 32.8 Å². The van der Waals surface area contributed by atoms with Crippen LogP contribution in [0.25, 0.3) is 0 Å². The topological polar surface area (TPSA) is 65.4 Å². The van der Waals surface area contributed by atoms with Crippen LogP contribution < -0.4 is 5.32 Å². The Labute approximate surface area is 108 Å². The van der Waals surface area contributed by atoms with E-state index in [0.717, 1.165) is 19.5 Å². The minimum absolute atomic E-state index is 0.00457. The van der Waals surface area contributed by atoms with Crippen LogP contribution in [0.5, 0.6) is 0 Å². The lowest BCUT2D eigenvalue weighted by molar-refractivity contribution is 0.0271. The highest BCUT2D eigenvalue weighted by Gasteiger charge is 2.49. The Hall–Kier alpha value is -1.28. The van der Waals surface area contributed by atoms with Gasteiger partial charge in [0.2, 0.25) is 0 Å². The van der Waals surface area contributed by atoms with E-state index in [4.69, 9.17) is 4.74 Å². The van der Waals surface area contributed by atoms with Gasteiger partial charge in [0.1, 0.15) is 5.60 Å². The zero-order valence-electron chi connectivity index (χ0n) is 11.3. The summed E-state index contributed by atoms with van der Waals surface area (Å²) in [6.07, 6.45) is 0.625. The van der Waals surface area contributed by atoms with Gasteiger partial charge in [-0.1, -0.05) is 0 Å². The third-order valence-electron chi connectivity index (χ3n) is 3.76. The second kappa shape index (κ2) is 4.43. The summed E-state index contributed by atoms with van der Waals surface area (Å²) in [5.74, 6) is 0.00457. The van der Waals surface area contributed by atoms with Crippen LogP contribution in [0.3, 0.4) is 0 Å². The molecule has 1 spiro atoms. The number of carbonyl (C=O) groups is 1. The number of ether oxygens (including phenoxy) is 1. The molecule has 0 aromatic heterocycles. The molecule has 2 saturated heterocycles. The lowest BCUT2D eigenvalue weighted by atomic mass is 9.78. The molecule has 2 rings (SSSR count). The van der Waals surface area contributed by atoms with Gasteiger partial charge in [-0.3, -0.25) is 0 Å². The molecule has 0 aliphatic carbocycles. The molecule has 0 saturated carbocycles. The molecule has 2 atom stereocenters. The highest BCUT2D eigenvalue weighted by atomic mass is 16.6. The fraction of sp³-hybridized carbons (Fsp3) is 0.846. The van der Waals surface area contributed by atoms with Crippen LogP contribution in [0.1, 0.15) is 27.2 Å². The Morgan fingerprint density at radius 3 is 2.89 bits per heavy atom. The highest BCUT2D eigenvalue weighted by Crippen LogP contribution is 2.40. The minimum atomic E-state index is -0.463. The number of hydrogen-bond acceptors (Lipinski definition) is 4. The molecule has 2 heterocycles. The average molecular weight is 251 g/mol. The van der Waals surface area contributed by atoms with Crippen molar-refractivity contribution in [3.05, 3.63) is 0 Å². The maximum atomic E-state index is 12.0. The lowest BCUT2D eigenvalue weighted by Crippen LogP contribution is -2.39. The fourth-order valence-electron chi connectivity index (χ4n) is 2.79. The Bertz CT molecular complexity index is 383. The van der Waals surface area contributed by atoms with Crippen molar-refractivity contribution < 1.29 is 9.53 Å². The number of nitriles is 1. The van der Waals surface area contributed by atoms with Crippen LogP contribution in [0.15, 0.2) is 0 Å². The number of hydrogen-bond donors (Lipinski definition) is 1. The summed E-state index contributed by atoms with van der Waals surface area (Å²) < 4.78 is 5.38. The summed E-state index contributed by atoms with van der Waals surface area (Å²) in [5.41, 5.74) is -0.527. The zero-order valence-corrected chi connectivity index (χ0v) is 11.3. The number of likely N-dealkylation sites (tertiary alicyclic amines) is 1. The van der Waals surface area contributed by atoms with Crippen LogP contribution in [-0.4, -0.2) is 42.8 Å². The Kier molecular flexibility index (Phi) is 3.24. The molecule has 18 heavy (non-hydrogen) atoms. The third kappa shape index (κ3) is 2.44. The van der Waals surface area contributed by atoms with Gasteiger partial charge in [-0.05, 0) is 27.2 Å². The molecule has 0 aromatic rings. The van der Waals surface area contributed by atoms with Crippen molar-refractivity contribution in [1.82, 2.24) is 10.2 Å². The first-order valence-electron chi connectivity index (χ1n) is 6.45. The normalized spacial score (nSPS) is 31.7. The van der Waals surface area contributed by atoms with Crippen molar-refractivity contribution in [2.75, 3.05) is 26.2 Å². The number of nitrogens with one attached hydrogen (secondary N) is 1. The fourth-order valence-corrected chi connectivity index (χ4v) is 2.79. The van der Waals surface area contributed by atoms with Gasteiger partial charge in [0.05, 0.1) is 12.0 Å². The van der Waals surface area contributed by atoms with Crippen molar-refractivity contribution in [2.24, 2.45) is 11.3 Å². The molecule has 100 valence electrons. The predicted octanol–water partition coefficient (Wildman–Crippen LogP) is 1.36. The summed E-state index contributed by atoms with van der Waals surface area (Å²) in [7, 11) is 0. The monoisotopic (exact) mass is 251 g/mol. The number of carbonyl (C=O) groups excluding carboxylic acids is 1. The second-order valence-corrected chi connectivity index (χ2v) is 6.33. The quantitative estimate of drug-likeness (QED) is 0.706. The van der Waals surface area contributed by atoms with E-state index < -0.39 is 5.60 Å². The molecule has 1 N–H and O–H groups in total. The number of nitrogens with zero attached hydrogens (tertiary/aromatic N) is 2. The van der Waals surface area contributed by atoms with E-state index in [1.165, 1.54) is 0 Å². The third-order valence-corrected chi connectivity index (χ3v) is 3.76. The van der Waals surface area contributed by atoms with Crippen molar-refractivity contribution in [3.8, 4) is 6.07 Å². The van der Waals surface area contributed by atoms with Gasteiger partial charge >= 0.3 is 6.09 Å². The summed E-state index contributed by atoms with van der Waals surface area (Å²) in [6, 6.07) is 2.36. The van der Waals surface area contributed by atoms with Gasteiger partial charge in [0.15, 0.2) is 0 Å². The molecule has 0 radical (unpaired) electrons. The second-order valence-electron chi connectivity index (χ2n) is 6.33. The van der Waals surface area contributed by atoms with Crippen LogP contribution in [0.4, 0.5) is 4.79 Å². The molecular weight excluding hydrogens is 230 g/mol. The van der Waals surface area contributed by atoms with E-state index in [2.05, 4.69) is 11.4 Å². The molecule has 0 aromatic carbocycles. The van der Waals surface area contributed by atoms with Crippen LogP contribution in [-0.2, 0) is 4.74 Å². The van der Waals surface area contributed by atoms with E-state index in [1.807, 2.05) is 20.8 Å². The lowest BCUT2D eigenvalue weighted by Gasteiger charge is -2.27. The van der Waals surface area contributed by atoms with Crippen molar-refractivity contribution in [1.29, 1.82) is 5.26 Å². The molecular formula is C13H21N3O2. The summed E-state index contributed by atoms with van der Waals surface area (Å²) >= 11 is 0. The predicted molar refractivity (Wildman–Crippen MR) is 66.8 cm³/mol. The van der Waals surface area contributed by atoms with Gasteiger partial charge in [-0.2, -0.15) is 5.26 Å². The summed E-state index contributed by atoms with van der Waals surface area (Å²) in [6.45, 7) is 8.48. The first-order valence-corrected chi connectivity index (χ1v) is 6.45. The zero-order chi connectivity index (χ0) is 13.4. The largest absolute Gasteiger partial charge is 0.444 e. The average Bonchev–Trinajstić information content (AvgIpc) is 2.84. The molecule has 0 bridgehead atoms. The first kappa shape index (κ1) is 13.2. The minimum Gasteiger partial charge on any atom is -0.444 e. The van der Waals surface area contributed by atoms with E-state index in [0.29, 0.717) is 13.1 Å². The molecule has 2 fully saturated rings. The summed E-state index contributed by atoms with van der Waals surface area (Å²) in [5, 5.41) is 12.4.